The summed E-state index contributed by atoms with van der Waals surface area (Å²) in [7, 11) is -10.5. The Bertz CT molecular complexity index is 1730. The molecule has 1 aliphatic rings. The lowest BCUT2D eigenvalue weighted by Gasteiger charge is -2.24. The van der Waals surface area contributed by atoms with E-state index in [1.807, 2.05) is 11.9 Å². The number of H-pyrrole nitrogens is 1. The van der Waals surface area contributed by atoms with Crippen molar-refractivity contribution in [3.8, 4) is 11.5 Å². The minimum absolute atomic E-state index is 0.0504. The van der Waals surface area contributed by atoms with Crippen LogP contribution in [0.3, 0.4) is 0 Å². The van der Waals surface area contributed by atoms with Crippen LogP contribution >= 0.6 is 15.6 Å². The molecule has 0 bridgehead atoms. The Morgan fingerprint density at radius 1 is 0.833 bits per heavy atom. The number of ether oxygens (including phenoxy) is 5. The molecule has 0 radical (unpaired) electrons. The SMILES string of the molecule is CCCCCOP(=O)(O)OP(=O)(O)OC[C@H]1O[C@@H](n2ccc(=O)[nH]c2=O)C(OC(=O)Oc2ccccc2)C1OC(=O)Oc1ccccc1. The first-order valence-electron chi connectivity index (χ1n) is 14.4. The normalized spacial score (nSPS) is 21.4. The van der Waals surface area contributed by atoms with Gasteiger partial charge in [0.2, 0.25) is 0 Å². The fraction of sp³-hybridized carbons (Fsp3) is 0.357. The van der Waals surface area contributed by atoms with Gasteiger partial charge in [-0.2, -0.15) is 4.31 Å². The van der Waals surface area contributed by atoms with Crippen molar-refractivity contribution in [1.82, 2.24) is 9.55 Å². The number of phosphoric ester groups is 2. The molecule has 1 aromatic heterocycles. The van der Waals surface area contributed by atoms with Gasteiger partial charge in [-0.3, -0.25) is 23.4 Å². The highest BCUT2D eigenvalue weighted by Gasteiger charge is 2.52. The van der Waals surface area contributed by atoms with Gasteiger partial charge in [0.05, 0.1) is 13.2 Å². The average molecular weight is 715 g/mol. The lowest BCUT2D eigenvalue weighted by molar-refractivity contribution is -0.0605. The van der Waals surface area contributed by atoms with E-state index < -0.39 is 70.4 Å². The molecule has 4 unspecified atom stereocenters. The van der Waals surface area contributed by atoms with E-state index in [9.17, 15) is 38.1 Å². The molecule has 2 aromatic carbocycles. The molecule has 0 amide bonds. The molecule has 0 aliphatic carbocycles. The summed E-state index contributed by atoms with van der Waals surface area (Å²) in [6.07, 6.45) is -6.77. The van der Waals surface area contributed by atoms with Crippen molar-refractivity contribution in [3.63, 3.8) is 0 Å². The molecular formula is C28H32N2O16P2. The minimum atomic E-state index is -5.38. The fourth-order valence-corrected chi connectivity index (χ4v) is 6.39. The maximum Gasteiger partial charge on any atom is 0.514 e. The van der Waals surface area contributed by atoms with Crippen molar-refractivity contribution in [3.05, 3.63) is 93.8 Å². The fourth-order valence-electron chi connectivity index (χ4n) is 4.28. The number of carbonyl (C=O) groups excluding carboxylic acids is 2. The maximum atomic E-state index is 12.9. The summed E-state index contributed by atoms with van der Waals surface area (Å²) in [6, 6.07) is 16.3. The molecule has 2 heterocycles. The minimum Gasteiger partial charge on any atom is -0.424 e. The predicted molar refractivity (Wildman–Crippen MR) is 162 cm³/mol. The number of para-hydroxylation sites is 2. The molecular weight excluding hydrogens is 682 g/mol. The molecule has 1 fully saturated rings. The number of hydrogen-bond acceptors (Lipinski definition) is 14. The lowest BCUT2D eigenvalue weighted by Crippen LogP contribution is -2.43. The Morgan fingerprint density at radius 3 is 1.96 bits per heavy atom. The van der Waals surface area contributed by atoms with E-state index in [0.717, 1.165) is 23.3 Å². The van der Waals surface area contributed by atoms with Gasteiger partial charge in [0.25, 0.3) is 5.56 Å². The van der Waals surface area contributed by atoms with Crippen LogP contribution in [0.15, 0.2) is 82.5 Å². The standard InChI is InChI=1S/C28H32N2O16P2/c1-2-3-10-17-39-47(35,36)46-48(37,38)40-18-21-23(44-27(33)41-19-11-6-4-7-12-19)24(45-28(34)42-20-13-8-5-9-14-20)25(43-21)30-16-15-22(31)29-26(30)32/h4-9,11-16,21,23-25H,2-3,10,17-18H2,1H3,(H,35,36)(H,37,38)(H,29,31,32)/t21-,23?,24?,25-/m1/s1. The molecule has 48 heavy (non-hydrogen) atoms. The number of aromatic amines is 1. The van der Waals surface area contributed by atoms with Crippen LogP contribution in [0.1, 0.15) is 32.4 Å². The van der Waals surface area contributed by atoms with Crippen LogP contribution in [0.2, 0.25) is 0 Å². The van der Waals surface area contributed by atoms with E-state index in [1.54, 1.807) is 36.4 Å². The Hall–Kier alpha value is -4.12. The van der Waals surface area contributed by atoms with Crippen LogP contribution in [0.25, 0.3) is 0 Å². The van der Waals surface area contributed by atoms with Gasteiger partial charge in [-0.25, -0.2) is 23.5 Å². The molecule has 1 aliphatic heterocycles. The second-order valence-electron chi connectivity index (χ2n) is 9.93. The molecule has 6 atom stereocenters. The number of carbonyl (C=O) groups is 2. The summed E-state index contributed by atoms with van der Waals surface area (Å²) in [5.41, 5.74) is -1.82. The van der Waals surface area contributed by atoms with Crippen molar-refractivity contribution in [2.75, 3.05) is 13.2 Å². The highest BCUT2D eigenvalue weighted by Crippen LogP contribution is 2.60. The summed E-state index contributed by atoms with van der Waals surface area (Å²) in [6.45, 7) is 0.615. The topological polar surface area (TPSA) is 237 Å². The summed E-state index contributed by atoms with van der Waals surface area (Å²) in [4.78, 5) is 72.4. The van der Waals surface area contributed by atoms with Gasteiger partial charge in [-0.05, 0) is 30.7 Å². The van der Waals surface area contributed by atoms with Gasteiger partial charge < -0.3 is 33.5 Å². The molecule has 3 aromatic rings. The third kappa shape index (κ3) is 11.0. The van der Waals surface area contributed by atoms with Gasteiger partial charge in [0.1, 0.15) is 17.6 Å². The lowest BCUT2D eigenvalue weighted by atomic mass is 10.1. The maximum absolute atomic E-state index is 12.9. The Labute approximate surface area is 272 Å². The largest absolute Gasteiger partial charge is 0.514 e. The number of unbranched alkanes of at least 4 members (excludes halogenated alkanes) is 2. The number of rotatable bonds is 15. The average Bonchev–Trinajstić information content (AvgIpc) is 3.34. The molecule has 4 rings (SSSR count). The first-order chi connectivity index (χ1) is 22.9. The first kappa shape index (κ1) is 36.7. The predicted octanol–water partition coefficient (Wildman–Crippen LogP) is 4.04. The first-order valence-corrected chi connectivity index (χ1v) is 17.3. The zero-order valence-corrected chi connectivity index (χ0v) is 27.0. The molecule has 20 heteroatoms. The molecule has 1 saturated heterocycles. The van der Waals surface area contributed by atoms with E-state index >= 15 is 0 Å². The van der Waals surface area contributed by atoms with Gasteiger partial charge in [0, 0.05) is 12.3 Å². The zero-order chi connectivity index (χ0) is 34.7. The monoisotopic (exact) mass is 714 g/mol. The van der Waals surface area contributed by atoms with E-state index in [4.69, 9.17) is 32.7 Å². The summed E-state index contributed by atoms with van der Waals surface area (Å²) < 4.78 is 66.6. The van der Waals surface area contributed by atoms with Crippen LogP contribution in [0, 0.1) is 0 Å². The Morgan fingerprint density at radius 2 is 1.40 bits per heavy atom. The Kier molecular flexibility index (Phi) is 12.9. The molecule has 260 valence electrons. The van der Waals surface area contributed by atoms with Crippen molar-refractivity contribution < 1.29 is 65.5 Å². The molecule has 3 N–H and O–H groups in total. The molecule has 18 nitrogen and oxygen atoms in total. The summed E-state index contributed by atoms with van der Waals surface area (Å²) in [5.74, 6) is 0.109. The number of phosphoric acid groups is 2. The van der Waals surface area contributed by atoms with Crippen molar-refractivity contribution >= 4 is 28.0 Å². The van der Waals surface area contributed by atoms with Gasteiger partial charge in [-0.15, -0.1) is 0 Å². The Balaban J connectivity index is 1.61. The number of nitrogens with one attached hydrogen (secondary N) is 1. The second kappa shape index (κ2) is 16.8. The van der Waals surface area contributed by atoms with Crippen LogP contribution in [0.5, 0.6) is 11.5 Å². The summed E-state index contributed by atoms with van der Waals surface area (Å²) in [5, 5.41) is 0. The summed E-state index contributed by atoms with van der Waals surface area (Å²) >= 11 is 0. The van der Waals surface area contributed by atoms with E-state index in [1.165, 1.54) is 24.3 Å². The van der Waals surface area contributed by atoms with Crippen LogP contribution < -0.4 is 20.7 Å². The van der Waals surface area contributed by atoms with Crippen molar-refractivity contribution in [2.24, 2.45) is 0 Å². The third-order valence-electron chi connectivity index (χ3n) is 6.37. The highest BCUT2D eigenvalue weighted by atomic mass is 31.3. The van der Waals surface area contributed by atoms with E-state index in [0.29, 0.717) is 12.8 Å². The molecule has 0 saturated carbocycles. The second-order valence-corrected chi connectivity index (χ2v) is 13.0. The third-order valence-corrected chi connectivity index (χ3v) is 9.01. The van der Waals surface area contributed by atoms with E-state index in [-0.39, 0.29) is 18.1 Å². The zero-order valence-electron chi connectivity index (χ0n) is 25.2. The number of benzene rings is 2. The molecule has 0 spiro atoms. The van der Waals surface area contributed by atoms with Crippen molar-refractivity contribution in [1.29, 1.82) is 0 Å². The smallest absolute Gasteiger partial charge is 0.424 e. The van der Waals surface area contributed by atoms with Gasteiger partial charge in [0.15, 0.2) is 18.4 Å². The van der Waals surface area contributed by atoms with Crippen LogP contribution in [-0.4, -0.2) is 63.2 Å². The van der Waals surface area contributed by atoms with E-state index in [2.05, 4.69) is 4.31 Å². The quantitative estimate of drug-likeness (QED) is 0.0871. The number of hydrogen-bond donors (Lipinski definition) is 3. The van der Waals surface area contributed by atoms with Crippen LogP contribution in [-0.2, 0) is 36.7 Å². The van der Waals surface area contributed by atoms with Gasteiger partial charge >= 0.3 is 33.6 Å². The number of nitrogens with zero attached hydrogens (tertiary/aromatic N) is 1. The highest BCUT2D eigenvalue weighted by molar-refractivity contribution is 7.61. The van der Waals surface area contributed by atoms with Gasteiger partial charge in [-0.1, -0.05) is 56.2 Å². The van der Waals surface area contributed by atoms with Crippen molar-refractivity contribution in [2.45, 2.75) is 50.7 Å². The number of aromatic nitrogens is 2. The van der Waals surface area contributed by atoms with Crippen LogP contribution in [0.4, 0.5) is 9.59 Å².